The Bertz CT molecular complexity index is 707. The molecule has 2 heteroatoms. The molecule has 1 heterocycles. The third-order valence-electron chi connectivity index (χ3n) is 4.87. The second-order valence-corrected chi connectivity index (χ2v) is 7.66. The van der Waals surface area contributed by atoms with Crippen molar-refractivity contribution < 1.29 is 4.74 Å². The number of allylic oxidation sites excluding steroid dienone is 5. The van der Waals surface area contributed by atoms with Crippen molar-refractivity contribution >= 4 is 0 Å². The standard InChI is InChI=1S/C23H29NO.2C2H6/c1-19-9-13-23(2,3)14-10-22(19)25-18-21-11-15-24(16-12-21)17-20-7-5-4-6-8-20;2*1-2/h4-11,13-14H,12,15-18H2,1-3H3;2*1-2H3. The molecule has 0 amide bonds. The summed E-state index contributed by atoms with van der Waals surface area (Å²) in [5.74, 6) is 0.995. The summed E-state index contributed by atoms with van der Waals surface area (Å²) in [4.78, 5) is 2.49. The van der Waals surface area contributed by atoms with Crippen molar-refractivity contribution in [2.24, 2.45) is 5.41 Å². The van der Waals surface area contributed by atoms with Crippen molar-refractivity contribution in [1.29, 1.82) is 0 Å². The van der Waals surface area contributed by atoms with Crippen LogP contribution in [0.25, 0.3) is 0 Å². The van der Waals surface area contributed by atoms with Crippen molar-refractivity contribution in [3.8, 4) is 0 Å². The normalized spacial score (nSPS) is 18.0. The molecule has 1 aliphatic heterocycles. The lowest BCUT2D eigenvalue weighted by Gasteiger charge is -2.26. The first kappa shape index (κ1) is 25.0. The quantitative estimate of drug-likeness (QED) is 0.484. The van der Waals surface area contributed by atoms with Gasteiger partial charge in [0.15, 0.2) is 0 Å². The predicted molar refractivity (Wildman–Crippen MR) is 128 cm³/mol. The molecular formula is C27H41NO. The monoisotopic (exact) mass is 395 g/mol. The first-order chi connectivity index (χ1) is 14.0. The number of benzene rings is 1. The Balaban J connectivity index is 0.000000989. The first-order valence-electron chi connectivity index (χ1n) is 11.2. The van der Waals surface area contributed by atoms with Gasteiger partial charge in [-0.15, -0.1) is 0 Å². The zero-order valence-electron chi connectivity index (χ0n) is 19.7. The summed E-state index contributed by atoms with van der Waals surface area (Å²) >= 11 is 0. The van der Waals surface area contributed by atoms with E-state index in [4.69, 9.17) is 4.74 Å². The Morgan fingerprint density at radius 3 is 2.24 bits per heavy atom. The Kier molecular flexibility index (Phi) is 11.4. The SMILES string of the molecule is CC.CC.CC1=C(OCC2=CCN(Cc3ccccc3)CC2)C=CC(C)(C)C=C1. The van der Waals surface area contributed by atoms with Crippen LogP contribution >= 0.6 is 0 Å². The Labute approximate surface area is 179 Å². The van der Waals surface area contributed by atoms with E-state index in [-0.39, 0.29) is 5.41 Å². The fourth-order valence-electron chi connectivity index (χ4n) is 3.10. The van der Waals surface area contributed by atoms with E-state index in [1.807, 2.05) is 27.7 Å². The molecule has 1 aliphatic carbocycles. The maximum atomic E-state index is 6.12. The highest BCUT2D eigenvalue weighted by atomic mass is 16.5. The van der Waals surface area contributed by atoms with E-state index in [9.17, 15) is 0 Å². The molecule has 0 bridgehead atoms. The van der Waals surface area contributed by atoms with Crippen LogP contribution in [0.15, 0.2) is 77.6 Å². The van der Waals surface area contributed by atoms with Gasteiger partial charge < -0.3 is 4.74 Å². The van der Waals surface area contributed by atoms with Gasteiger partial charge in [-0.3, -0.25) is 4.90 Å². The molecule has 0 spiro atoms. The van der Waals surface area contributed by atoms with Gasteiger partial charge >= 0.3 is 0 Å². The summed E-state index contributed by atoms with van der Waals surface area (Å²) in [6.07, 6.45) is 12.2. The summed E-state index contributed by atoms with van der Waals surface area (Å²) in [7, 11) is 0. The number of hydrogen-bond acceptors (Lipinski definition) is 2. The molecular weight excluding hydrogens is 354 g/mol. The summed E-state index contributed by atoms with van der Waals surface area (Å²) in [6, 6.07) is 10.7. The molecule has 29 heavy (non-hydrogen) atoms. The molecule has 160 valence electrons. The van der Waals surface area contributed by atoms with Gasteiger partial charge in [0.05, 0.1) is 0 Å². The van der Waals surface area contributed by atoms with Gasteiger partial charge in [-0.1, -0.05) is 96.2 Å². The summed E-state index contributed by atoms with van der Waals surface area (Å²) in [6.45, 7) is 18.4. The van der Waals surface area contributed by atoms with Gasteiger partial charge in [0.25, 0.3) is 0 Å². The predicted octanol–water partition coefficient (Wildman–Crippen LogP) is 7.31. The van der Waals surface area contributed by atoms with Crippen LogP contribution in [0.2, 0.25) is 0 Å². The maximum absolute atomic E-state index is 6.12. The lowest BCUT2D eigenvalue weighted by molar-refractivity contribution is 0.229. The number of ether oxygens (including phenoxy) is 1. The minimum Gasteiger partial charge on any atom is -0.489 e. The molecule has 0 N–H and O–H groups in total. The lowest BCUT2D eigenvalue weighted by atomic mass is 9.93. The molecule has 0 fully saturated rings. The maximum Gasteiger partial charge on any atom is 0.122 e. The van der Waals surface area contributed by atoms with Crippen molar-refractivity contribution in [2.75, 3.05) is 19.7 Å². The van der Waals surface area contributed by atoms with Crippen molar-refractivity contribution in [1.82, 2.24) is 4.90 Å². The molecule has 0 saturated carbocycles. The van der Waals surface area contributed by atoms with Crippen LogP contribution < -0.4 is 0 Å². The van der Waals surface area contributed by atoms with Gasteiger partial charge in [-0.2, -0.15) is 0 Å². The zero-order valence-corrected chi connectivity index (χ0v) is 19.7. The van der Waals surface area contributed by atoms with Gasteiger partial charge in [0.1, 0.15) is 12.4 Å². The molecule has 1 aromatic carbocycles. The summed E-state index contributed by atoms with van der Waals surface area (Å²) in [5.41, 5.74) is 4.08. The van der Waals surface area contributed by atoms with Crippen LogP contribution in [0.3, 0.4) is 0 Å². The van der Waals surface area contributed by atoms with Gasteiger partial charge in [-0.25, -0.2) is 0 Å². The Morgan fingerprint density at radius 2 is 1.62 bits per heavy atom. The van der Waals surface area contributed by atoms with Crippen LogP contribution in [0.4, 0.5) is 0 Å². The third-order valence-corrected chi connectivity index (χ3v) is 4.87. The lowest BCUT2D eigenvalue weighted by Crippen LogP contribution is -2.29. The Hall–Kier alpha value is -2.06. The molecule has 0 unspecified atom stereocenters. The van der Waals surface area contributed by atoms with E-state index in [1.54, 1.807) is 0 Å². The molecule has 0 radical (unpaired) electrons. The summed E-state index contributed by atoms with van der Waals surface area (Å²) in [5, 5.41) is 0. The van der Waals surface area contributed by atoms with Gasteiger partial charge in [0.2, 0.25) is 0 Å². The fourth-order valence-corrected chi connectivity index (χ4v) is 3.10. The highest BCUT2D eigenvalue weighted by Gasteiger charge is 2.15. The second-order valence-electron chi connectivity index (χ2n) is 7.66. The first-order valence-corrected chi connectivity index (χ1v) is 11.2. The van der Waals surface area contributed by atoms with Crippen LogP contribution in [-0.4, -0.2) is 24.6 Å². The van der Waals surface area contributed by atoms with Crippen molar-refractivity contribution in [3.63, 3.8) is 0 Å². The van der Waals surface area contributed by atoms with Gasteiger partial charge in [-0.05, 0) is 36.1 Å². The fraction of sp³-hybridized carbons (Fsp3) is 0.481. The molecule has 0 atom stereocenters. The summed E-state index contributed by atoms with van der Waals surface area (Å²) < 4.78 is 6.12. The second kappa shape index (κ2) is 13.2. The molecule has 1 aromatic rings. The highest BCUT2D eigenvalue weighted by Crippen LogP contribution is 2.26. The zero-order chi connectivity index (χ0) is 21.7. The van der Waals surface area contributed by atoms with E-state index in [1.165, 1.54) is 16.7 Å². The third kappa shape index (κ3) is 8.87. The highest BCUT2D eigenvalue weighted by molar-refractivity contribution is 5.34. The van der Waals surface area contributed by atoms with Crippen LogP contribution in [0.1, 0.15) is 60.5 Å². The van der Waals surface area contributed by atoms with E-state index in [0.29, 0.717) is 6.61 Å². The van der Waals surface area contributed by atoms with Gasteiger partial charge in [0, 0.05) is 25.0 Å². The molecule has 0 aromatic heterocycles. The Morgan fingerprint density at radius 1 is 0.966 bits per heavy atom. The van der Waals surface area contributed by atoms with E-state index < -0.39 is 0 Å². The number of rotatable bonds is 5. The minimum atomic E-state index is 0.0917. The van der Waals surface area contributed by atoms with Crippen molar-refractivity contribution in [2.45, 2.75) is 61.4 Å². The van der Waals surface area contributed by atoms with Crippen molar-refractivity contribution in [3.05, 3.63) is 83.2 Å². The number of hydrogen-bond donors (Lipinski definition) is 0. The van der Waals surface area contributed by atoms with Crippen LogP contribution in [-0.2, 0) is 11.3 Å². The smallest absolute Gasteiger partial charge is 0.122 e. The van der Waals surface area contributed by atoms with Crippen LogP contribution in [0, 0.1) is 5.41 Å². The van der Waals surface area contributed by atoms with Crippen LogP contribution in [0.5, 0.6) is 0 Å². The molecule has 0 saturated heterocycles. The molecule has 3 rings (SSSR count). The topological polar surface area (TPSA) is 12.5 Å². The van der Waals surface area contributed by atoms with E-state index in [0.717, 1.165) is 31.8 Å². The van der Waals surface area contributed by atoms with E-state index >= 15 is 0 Å². The van der Waals surface area contributed by atoms with E-state index in [2.05, 4.69) is 86.4 Å². The molecule has 2 nitrogen and oxygen atoms in total. The minimum absolute atomic E-state index is 0.0917. The average Bonchev–Trinajstić information content (AvgIpc) is 2.89. The molecule has 2 aliphatic rings. The number of nitrogens with zero attached hydrogens (tertiary/aromatic N) is 1. The largest absolute Gasteiger partial charge is 0.489 e. The average molecular weight is 396 g/mol.